The van der Waals surface area contributed by atoms with Gasteiger partial charge in [-0.05, 0) is 6.92 Å². The highest BCUT2D eigenvalue weighted by molar-refractivity contribution is 9.39. The second-order valence-electron chi connectivity index (χ2n) is 1.35. The summed E-state index contributed by atoms with van der Waals surface area (Å²) in [4.78, 5) is 0. The van der Waals surface area contributed by atoms with Crippen LogP contribution in [0.1, 0.15) is 6.92 Å². The molecule has 0 bridgehead atoms. The van der Waals surface area contributed by atoms with Gasteiger partial charge in [-0.2, -0.15) is 0 Å². The van der Waals surface area contributed by atoms with Gasteiger partial charge >= 0.3 is 0 Å². The van der Waals surface area contributed by atoms with Crippen LogP contribution in [0.5, 0.6) is 0 Å². The minimum Gasteiger partial charge on any atom is -0.365 e. The minimum atomic E-state index is -0.887. The van der Waals surface area contributed by atoms with Crippen LogP contribution >= 0.6 is 47.8 Å². The van der Waals surface area contributed by atoms with E-state index in [1.165, 1.54) is 0 Å². The summed E-state index contributed by atoms with van der Waals surface area (Å²) < 4.78 is 4.10. The van der Waals surface area contributed by atoms with Crippen molar-refractivity contribution in [2.45, 2.75) is 15.4 Å². The average Bonchev–Trinajstić information content (AvgIpc) is 1.64. The van der Waals surface area contributed by atoms with Crippen LogP contribution < -0.4 is 0 Å². The molecule has 0 aliphatic carbocycles. The van der Waals surface area contributed by atoms with E-state index in [1.54, 1.807) is 0 Å². The van der Waals surface area contributed by atoms with Gasteiger partial charge in [0.2, 0.25) is 0 Å². The molecule has 1 unspecified atom stereocenters. The lowest BCUT2D eigenvalue weighted by atomic mass is 10.7. The summed E-state index contributed by atoms with van der Waals surface area (Å²) in [6, 6.07) is 0. The number of aliphatic hydroxyl groups is 1. The summed E-state index contributed by atoms with van der Waals surface area (Å²) in [5.41, 5.74) is 0. The van der Waals surface area contributed by atoms with E-state index in [2.05, 4.69) is 47.8 Å². The minimum absolute atomic E-state index is 0.478. The Hall–Kier alpha value is 1.36. The number of hydrogen-bond acceptors (Lipinski definition) is 2. The van der Waals surface area contributed by atoms with Crippen molar-refractivity contribution in [2.75, 3.05) is 6.61 Å². The number of hydrogen-bond donors (Lipinski definition) is 1. The first kappa shape index (κ1) is 10.4. The highest BCUT2D eigenvalue weighted by atomic mass is 80.0. The molecule has 0 saturated heterocycles. The molecule has 0 aliphatic rings. The molecule has 0 radical (unpaired) electrons. The van der Waals surface area contributed by atoms with Crippen molar-refractivity contribution in [3.05, 3.63) is 0 Å². The number of ether oxygens (including phenoxy) is 1. The molecule has 0 fully saturated rings. The molecule has 0 aromatic carbocycles. The molecule has 0 aromatic rings. The maximum absolute atomic E-state index is 9.02. The third kappa shape index (κ3) is 4.72. The van der Waals surface area contributed by atoms with E-state index in [0.29, 0.717) is 6.61 Å². The molecule has 0 rings (SSSR count). The second kappa shape index (κ2) is 4.28. The first-order valence-corrected chi connectivity index (χ1v) is 4.72. The zero-order valence-corrected chi connectivity index (χ0v) is 9.53. The molecule has 0 amide bonds. The Morgan fingerprint density at radius 3 is 2.11 bits per heavy atom. The van der Waals surface area contributed by atoms with Gasteiger partial charge in [0.1, 0.15) is 0 Å². The Labute approximate surface area is 79.3 Å². The first-order chi connectivity index (χ1) is 3.98. The lowest BCUT2D eigenvalue weighted by molar-refractivity contribution is -0.0838. The average molecular weight is 327 g/mol. The van der Waals surface area contributed by atoms with Gasteiger partial charge in [-0.15, -0.1) is 0 Å². The molecule has 56 valence electrons. The molecule has 0 aromatic heterocycles. The number of aliphatic hydroxyl groups excluding tert-OH is 1. The van der Waals surface area contributed by atoms with Gasteiger partial charge < -0.3 is 9.84 Å². The molecule has 0 saturated carbocycles. The Balaban J connectivity index is 3.59. The van der Waals surface area contributed by atoms with Gasteiger partial charge in [0.25, 0.3) is 0 Å². The van der Waals surface area contributed by atoms with Crippen molar-refractivity contribution in [3.8, 4) is 0 Å². The molecular formula is C4H7Br3O2. The van der Waals surface area contributed by atoms with Crippen LogP contribution in [0.4, 0.5) is 0 Å². The van der Waals surface area contributed by atoms with Crippen molar-refractivity contribution in [3.63, 3.8) is 0 Å². The summed E-state index contributed by atoms with van der Waals surface area (Å²) >= 11 is 9.31. The fourth-order valence-corrected chi connectivity index (χ4v) is 0.649. The van der Waals surface area contributed by atoms with Gasteiger partial charge in [-0.1, -0.05) is 47.8 Å². The standard InChI is InChI=1S/C4H7Br3O2/c1-2-9-3(8)4(5,6)7/h3,8H,2H2,1H3. The molecule has 2 nitrogen and oxygen atoms in total. The van der Waals surface area contributed by atoms with E-state index in [4.69, 9.17) is 9.84 Å². The van der Waals surface area contributed by atoms with Crippen LogP contribution in [0.15, 0.2) is 0 Å². The lowest BCUT2D eigenvalue weighted by Gasteiger charge is -2.18. The predicted molar refractivity (Wildman–Crippen MR) is 47.1 cm³/mol. The van der Waals surface area contributed by atoms with E-state index in [0.717, 1.165) is 0 Å². The Morgan fingerprint density at radius 1 is 1.56 bits per heavy atom. The Kier molecular flexibility index (Phi) is 4.93. The SMILES string of the molecule is CCOC(O)C(Br)(Br)Br. The van der Waals surface area contributed by atoms with Gasteiger partial charge in [0.15, 0.2) is 8.43 Å². The molecule has 0 heterocycles. The molecule has 1 N–H and O–H groups in total. The van der Waals surface area contributed by atoms with Crippen LogP contribution in [0.2, 0.25) is 0 Å². The summed E-state index contributed by atoms with van der Waals surface area (Å²) in [5, 5.41) is 9.02. The monoisotopic (exact) mass is 324 g/mol. The van der Waals surface area contributed by atoms with E-state index in [1.807, 2.05) is 6.92 Å². The van der Waals surface area contributed by atoms with Crippen LogP contribution in [0, 0.1) is 0 Å². The fourth-order valence-electron chi connectivity index (χ4n) is 0.252. The lowest BCUT2D eigenvalue weighted by Crippen LogP contribution is -2.26. The van der Waals surface area contributed by atoms with Crippen LogP contribution in [-0.2, 0) is 4.74 Å². The highest BCUT2D eigenvalue weighted by Crippen LogP contribution is 2.37. The third-order valence-corrected chi connectivity index (χ3v) is 1.78. The van der Waals surface area contributed by atoms with Gasteiger partial charge in [-0.3, -0.25) is 0 Å². The van der Waals surface area contributed by atoms with Gasteiger partial charge in [0.05, 0.1) is 0 Å². The predicted octanol–water partition coefficient (Wildman–Crippen LogP) is 2.18. The maximum atomic E-state index is 9.02. The van der Waals surface area contributed by atoms with Crippen LogP contribution in [0.3, 0.4) is 0 Å². The number of halogens is 3. The van der Waals surface area contributed by atoms with Crippen molar-refractivity contribution in [1.29, 1.82) is 0 Å². The molecular weight excluding hydrogens is 320 g/mol. The van der Waals surface area contributed by atoms with Crippen molar-refractivity contribution >= 4 is 47.8 Å². The zero-order valence-electron chi connectivity index (χ0n) is 4.77. The Morgan fingerprint density at radius 2 is 2.00 bits per heavy atom. The number of rotatable bonds is 2. The van der Waals surface area contributed by atoms with E-state index < -0.39 is 8.43 Å². The quantitative estimate of drug-likeness (QED) is 0.622. The van der Waals surface area contributed by atoms with E-state index in [-0.39, 0.29) is 0 Å². The number of alkyl halides is 3. The summed E-state index contributed by atoms with van der Waals surface area (Å²) in [6.07, 6.45) is -0.887. The molecule has 5 heteroatoms. The molecule has 0 spiro atoms. The largest absolute Gasteiger partial charge is 0.365 e. The topological polar surface area (TPSA) is 29.5 Å². The van der Waals surface area contributed by atoms with Gasteiger partial charge in [-0.25, -0.2) is 0 Å². The fraction of sp³-hybridized carbons (Fsp3) is 1.00. The third-order valence-electron chi connectivity index (χ3n) is 0.605. The van der Waals surface area contributed by atoms with Crippen LogP contribution in [0.25, 0.3) is 0 Å². The summed E-state index contributed by atoms with van der Waals surface area (Å²) in [7, 11) is 0. The maximum Gasteiger partial charge on any atom is 0.190 e. The molecule has 1 atom stereocenters. The zero-order chi connectivity index (χ0) is 7.49. The van der Waals surface area contributed by atoms with Crippen LogP contribution in [-0.4, -0.2) is 20.1 Å². The smallest absolute Gasteiger partial charge is 0.190 e. The molecule has 0 aliphatic heterocycles. The summed E-state index contributed by atoms with van der Waals surface area (Å²) in [5.74, 6) is 0. The molecule has 9 heavy (non-hydrogen) atoms. The first-order valence-electron chi connectivity index (χ1n) is 2.35. The van der Waals surface area contributed by atoms with E-state index in [9.17, 15) is 0 Å². The van der Waals surface area contributed by atoms with Crippen molar-refractivity contribution < 1.29 is 9.84 Å². The van der Waals surface area contributed by atoms with Gasteiger partial charge in [0, 0.05) is 6.61 Å². The van der Waals surface area contributed by atoms with E-state index >= 15 is 0 Å². The Bertz CT molecular complexity index is 80.4. The summed E-state index contributed by atoms with van der Waals surface area (Å²) in [6.45, 7) is 2.29. The second-order valence-corrected chi connectivity index (χ2v) is 8.29. The van der Waals surface area contributed by atoms with Crippen molar-refractivity contribution in [1.82, 2.24) is 0 Å². The normalized spacial score (nSPS) is 15.7. The highest BCUT2D eigenvalue weighted by Gasteiger charge is 2.28. The van der Waals surface area contributed by atoms with Crippen molar-refractivity contribution in [2.24, 2.45) is 0 Å².